The van der Waals surface area contributed by atoms with Gasteiger partial charge in [-0.05, 0) is 68.7 Å². The van der Waals surface area contributed by atoms with Gasteiger partial charge in [0.1, 0.15) is 41.7 Å². The van der Waals surface area contributed by atoms with Crippen LogP contribution in [0.4, 0.5) is 0 Å². The van der Waals surface area contributed by atoms with Gasteiger partial charge in [-0.3, -0.25) is 43.2 Å². The smallest absolute Gasteiger partial charge is 0.328 e. The van der Waals surface area contributed by atoms with Crippen LogP contribution in [0.25, 0.3) is 0 Å². The van der Waals surface area contributed by atoms with Gasteiger partial charge >= 0.3 is 11.9 Å². The second-order valence-electron chi connectivity index (χ2n) is 17.2. The monoisotopic (exact) mass is 980 g/mol. The lowest BCUT2D eigenvalue weighted by atomic mass is 9.85. The van der Waals surface area contributed by atoms with Crippen molar-refractivity contribution >= 4 is 65.2 Å². The molecule has 0 bridgehead atoms. The lowest BCUT2D eigenvalue weighted by molar-refractivity contribution is -0.146. The number of aliphatic hydroxyl groups excluding tert-OH is 2. The maximum Gasteiger partial charge on any atom is 0.328 e. The summed E-state index contributed by atoms with van der Waals surface area (Å²) in [6.07, 6.45) is -2.56. The fourth-order valence-corrected chi connectivity index (χ4v) is 7.06. The van der Waals surface area contributed by atoms with E-state index in [-0.39, 0.29) is 49.9 Å². The highest BCUT2D eigenvalue weighted by Gasteiger charge is 2.41. The minimum atomic E-state index is -1.82. The Labute approximate surface area is 395 Å². The number of amides is 8. The number of carboxylic acids is 2. The van der Waals surface area contributed by atoms with Crippen molar-refractivity contribution < 1.29 is 78.6 Å². The molecular formula is C41H64N12O16. The number of nitrogens with zero attached hydrogens (tertiary/aromatic N) is 2. The maximum absolute atomic E-state index is 14.1. The van der Waals surface area contributed by atoms with Crippen molar-refractivity contribution in [1.29, 1.82) is 0 Å². The molecule has 384 valence electrons. The molecule has 0 aliphatic carbocycles. The number of carbonyl (C=O) groups excluding carboxylic acids is 8. The third-order valence-corrected chi connectivity index (χ3v) is 10.6. The summed E-state index contributed by atoms with van der Waals surface area (Å²) in [6, 6.07) is -9.46. The van der Waals surface area contributed by atoms with Crippen LogP contribution >= 0.6 is 0 Å². The zero-order valence-electron chi connectivity index (χ0n) is 38.5. The van der Waals surface area contributed by atoms with E-state index >= 15 is 0 Å². The highest BCUT2D eigenvalue weighted by atomic mass is 16.4. The molecule has 1 aromatic carbocycles. The predicted molar refractivity (Wildman–Crippen MR) is 239 cm³/mol. The van der Waals surface area contributed by atoms with Gasteiger partial charge in [0.2, 0.25) is 47.3 Å². The summed E-state index contributed by atoms with van der Waals surface area (Å²) >= 11 is 0. The van der Waals surface area contributed by atoms with E-state index in [4.69, 9.17) is 22.9 Å². The molecule has 0 saturated carbocycles. The van der Waals surface area contributed by atoms with Gasteiger partial charge in [-0.25, -0.2) is 9.79 Å². The second-order valence-corrected chi connectivity index (χ2v) is 17.2. The summed E-state index contributed by atoms with van der Waals surface area (Å²) in [5.74, 6) is -13.3. The fourth-order valence-electron chi connectivity index (χ4n) is 7.06. The number of carboxylic acid groups (broad SMARTS) is 2. The first kappa shape index (κ1) is 57.8. The van der Waals surface area contributed by atoms with E-state index in [2.05, 4.69) is 31.6 Å². The molecule has 1 aromatic rings. The summed E-state index contributed by atoms with van der Waals surface area (Å²) in [7, 11) is 0. The largest absolute Gasteiger partial charge is 0.507 e. The Hall–Kier alpha value is -7.33. The van der Waals surface area contributed by atoms with E-state index < -0.39 is 156 Å². The SMILES string of the molecule is CC(O)C(NC(=O)CNC(=O)C1CCCN1C(=O)C(CC(=O)O)NC(=O)C(CCCCN)NC(=O)C(NC(=O)C(CC(N)=O)NC(=O)C(N=C(N)N)c1cc(O)c(CO)c(O)c1)C(C)(C)C)C(=O)O. The van der Waals surface area contributed by atoms with Gasteiger partial charge in [0.25, 0.3) is 0 Å². The first-order valence-electron chi connectivity index (χ1n) is 21.6. The number of unbranched alkanes of at least 4 members (excludes halogenated alkanes) is 1. The van der Waals surface area contributed by atoms with Crippen molar-refractivity contribution in [2.75, 3.05) is 19.6 Å². The molecule has 28 nitrogen and oxygen atoms in total. The molecule has 2 rings (SSSR count). The van der Waals surface area contributed by atoms with Gasteiger partial charge in [0.05, 0.1) is 37.7 Å². The number of primary amides is 1. The molecule has 8 atom stereocenters. The number of rotatable bonds is 26. The van der Waals surface area contributed by atoms with Crippen LogP contribution in [0.15, 0.2) is 17.1 Å². The molecule has 28 heteroatoms. The summed E-state index contributed by atoms with van der Waals surface area (Å²) in [5, 5.41) is 72.6. The van der Waals surface area contributed by atoms with Crippen LogP contribution in [0.5, 0.6) is 11.5 Å². The van der Waals surface area contributed by atoms with Gasteiger partial charge < -0.3 is 90.4 Å². The highest BCUT2D eigenvalue weighted by molar-refractivity contribution is 5.99. The standard InChI is InChI=1S/C41H64N12O16/c1-18(55)30(39(68)69)50-28(59)16-46-35(64)24-9-7-11-53(24)38(67)23(15-29(60)61)49-33(62)21(8-5-6-10-42)47-37(66)32(41(2,3)4)52-34(63)22(14-27(43)58)48-36(65)31(51-40(44)45)19-12-25(56)20(17-54)26(57)13-19/h12-13,18,21-24,30-32,54-57H,5-11,14-17,42H2,1-4H3,(H2,43,58)(H,46,64)(H,47,66)(H,48,65)(H,49,62)(H,50,59)(H,52,63)(H,60,61)(H,68,69)(H4,44,45,51). The van der Waals surface area contributed by atoms with Crippen LogP contribution in [-0.2, 0) is 54.6 Å². The number of hydrogen-bond donors (Lipinski definition) is 16. The van der Waals surface area contributed by atoms with Crippen molar-refractivity contribution in [1.82, 2.24) is 36.8 Å². The Kier molecular flexibility index (Phi) is 22.0. The maximum atomic E-state index is 14.1. The highest BCUT2D eigenvalue weighted by Crippen LogP contribution is 2.33. The van der Waals surface area contributed by atoms with Gasteiger partial charge in [0, 0.05) is 6.54 Å². The van der Waals surface area contributed by atoms with E-state index in [0.29, 0.717) is 6.42 Å². The molecule has 8 unspecified atom stereocenters. The lowest BCUT2D eigenvalue weighted by Gasteiger charge is -2.33. The summed E-state index contributed by atoms with van der Waals surface area (Å²) in [4.78, 5) is 135. The Morgan fingerprint density at radius 3 is 1.90 bits per heavy atom. The Morgan fingerprint density at radius 2 is 1.39 bits per heavy atom. The van der Waals surface area contributed by atoms with E-state index in [1.165, 1.54) is 20.8 Å². The van der Waals surface area contributed by atoms with Crippen molar-refractivity contribution in [3.63, 3.8) is 0 Å². The summed E-state index contributed by atoms with van der Waals surface area (Å²) < 4.78 is 0. The van der Waals surface area contributed by atoms with E-state index in [0.717, 1.165) is 24.0 Å². The number of aliphatic imine (C=N–C) groups is 1. The third kappa shape index (κ3) is 17.7. The number of carbonyl (C=O) groups is 10. The zero-order chi connectivity index (χ0) is 52.5. The molecule has 1 fully saturated rings. The molecule has 1 heterocycles. The van der Waals surface area contributed by atoms with Crippen LogP contribution in [-0.4, -0.2) is 163 Å². The minimum Gasteiger partial charge on any atom is -0.507 e. The number of phenols is 2. The van der Waals surface area contributed by atoms with Crippen LogP contribution < -0.4 is 54.8 Å². The molecule has 1 aliphatic heterocycles. The molecule has 1 aliphatic rings. The quantitative estimate of drug-likeness (QED) is 0.0234. The molecule has 1 saturated heterocycles. The number of aliphatic carboxylic acids is 2. The average molecular weight is 981 g/mol. The van der Waals surface area contributed by atoms with Gasteiger partial charge in [0.15, 0.2) is 18.0 Å². The fraction of sp³-hybridized carbons (Fsp3) is 0.585. The Morgan fingerprint density at radius 1 is 0.812 bits per heavy atom. The number of likely N-dealkylation sites (tertiary alicyclic amines) is 1. The molecule has 0 aromatic heterocycles. The summed E-state index contributed by atoms with van der Waals surface area (Å²) in [5.41, 5.74) is 20.4. The van der Waals surface area contributed by atoms with Crippen LogP contribution in [0.2, 0.25) is 0 Å². The number of aliphatic hydroxyl groups is 2. The van der Waals surface area contributed by atoms with Gasteiger partial charge in [-0.1, -0.05) is 20.8 Å². The first-order chi connectivity index (χ1) is 32.1. The van der Waals surface area contributed by atoms with Crippen molar-refractivity contribution in [3.05, 3.63) is 23.3 Å². The number of guanidine groups is 1. The number of nitrogens with one attached hydrogen (secondary N) is 6. The average Bonchev–Trinajstić information content (AvgIpc) is 3.73. The molecule has 0 radical (unpaired) electrons. The number of benzene rings is 1. The molecule has 69 heavy (non-hydrogen) atoms. The minimum absolute atomic E-state index is 0.0607. The van der Waals surface area contributed by atoms with Crippen LogP contribution in [0.3, 0.4) is 0 Å². The van der Waals surface area contributed by atoms with Gasteiger partial charge in [-0.15, -0.1) is 0 Å². The van der Waals surface area contributed by atoms with Crippen molar-refractivity contribution in [3.8, 4) is 11.5 Å². The molecule has 20 N–H and O–H groups in total. The number of nitrogens with two attached hydrogens (primary N) is 4. The summed E-state index contributed by atoms with van der Waals surface area (Å²) in [6.45, 7) is 4.25. The van der Waals surface area contributed by atoms with Crippen molar-refractivity contribution in [2.45, 2.75) is 128 Å². The molecule has 8 amide bonds. The molecular weight excluding hydrogens is 917 g/mol. The first-order valence-corrected chi connectivity index (χ1v) is 21.6. The third-order valence-electron chi connectivity index (χ3n) is 10.6. The van der Waals surface area contributed by atoms with E-state index in [1.807, 2.05) is 5.32 Å². The normalized spacial score (nSPS) is 16.4. The second kappa shape index (κ2) is 26.3. The number of aromatic hydroxyl groups is 2. The lowest BCUT2D eigenvalue weighted by Crippen LogP contribution is -2.62. The predicted octanol–water partition coefficient (Wildman–Crippen LogP) is -5.57. The van der Waals surface area contributed by atoms with E-state index in [9.17, 15) is 78.6 Å². The van der Waals surface area contributed by atoms with Crippen molar-refractivity contribution in [2.24, 2.45) is 33.3 Å². The van der Waals surface area contributed by atoms with Crippen LogP contribution in [0, 0.1) is 5.41 Å². The van der Waals surface area contributed by atoms with E-state index in [1.54, 1.807) is 0 Å². The Balaban J connectivity index is 2.38. The zero-order valence-corrected chi connectivity index (χ0v) is 38.5. The van der Waals surface area contributed by atoms with Gasteiger partial charge in [-0.2, -0.15) is 0 Å². The Bertz CT molecular complexity index is 2090. The van der Waals surface area contributed by atoms with Crippen LogP contribution in [0.1, 0.15) is 89.8 Å². The number of hydrogen-bond acceptors (Lipinski definition) is 16. The molecule has 0 spiro atoms. The topological polar surface area (TPSA) is 484 Å².